The van der Waals surface area contributed by atoms with E-state index >= 15 is 0 Å². The van der Waals surface area contributed by atoms with Crippen molar-refractivity contribution in [3.8, 4) is 5.75 Å². The lowest BCUT2D eigenvalue weighted by atomic mass is 10.2. The first kappa shape index (κ1) is 11.5. The molecule has 0 bridgehead atoms. The van der Waals surface area contributed by atoms with Gasteiger partial charge in [-0.25, -0.2) is 4.98 Å². The van der Waals surface area contributed by atoms with Gasteiger partial charge >= 0.3 is 0 Å². The Kier molecular flexibility index (Phi) is 3.19. The van der Waals surface area contributed by atoms with Gasteiger partial charge in [-0.2, -0.15) is 0 Å². The Morgan fingerprint density at radius 3 is 3.00 bits per heavy atom. The number of fused-ring (bicyclic) bond motifs is 1. The van der Waals surface area contributed by atoms with E-state index < -0.39 is 0 Å². The van der Waals surface area contributed by atoms with Crippen molar-refractivity contribution in [1.29, 1.82) is 0 Å². The van der Waals surface area contributed by atoms with Crippen LogP contribution in [0.1, 0.15) is 31.5 Å². The van der Waals surface area contributed by atoms with Gasteiger partial charge in [0.05, 0.1) is 11.0 Å². The molecule has 0 atom stereocenters. The largest absolute Gasteiger partial charge is 0.508 e. The van der Waals surface area contributed by atoms with E-state index in [-0.39, 0.29) is 5.75 Å². The van der Waals surface area contributed by atoms with Gasteiger partial charge in [-0.1, -0.05) is 12.8 Å². The van der Waals surface area contributed by atoms with E-state index in [0.717, 1.165) is 29.8 Å². The lowest BCUT2D eigenvalue weighted by molar-refractivity contribution is 0.476. The van der Waals surface area contributed by atoms with E-state index in [1.165, 1.54) is 25.7 Å². The minimum Gasteiger partial charge on any atom is -0.508 e. The molecule has 0 amide bonds. The Balaban J connectivity index is 1.60. The Morgan fingerprint density at radius 2 is 2.17 bits per heavy atom. The summed E-state index contributed by atoms with van der Waals surface area (Å²) in [7, 11) is 0. The van der Waals surface area contributed by atoms with Gasteiger partial charge in [0.1, 0.15) is 11.6 Å². The van der Waals surface area contributed by atoms with Gasteiger partial charge in [0.2, 0.25) is 0 Å². The first-order chi connectivity index (χ1) is 8.81. The SMILES string of the molecule is Oc1ccc2nc(CCNC3CCCC3)[nH]c2c1. The number of benzene rings is 1. The topological polar surface area (TPSA) is 60.9 Å². The minimum atomic E-state index is 0.279. The van der Waals surface area contributed by atoms with Crippen LogP contribution in [0.15, 0.2) is 18.2 Å². The molecule has 0 saturated heterocycles. The summed E-state index contributed by atoms with van der Waals surface area (Å²) in [5.41, 5.74) is 1.83. The predicted octanol–water partition coefficient (Wildman–Crippen LogP) is 2.34. The van der Waals surface area contributed by atoms with Crippen LogP contribution in [-0.4, -0.2) is 27.7 Å². The molecule has 0 unspecified atom stereocenters. The van der Waals surface area contributed by atoms with Gasteiger partial charge in [0.25, 0.3) is 0 Å². The second-order valence-corrected chi connectivity index (χ2v) is 5.07. The number of nitrogens with zero attached hydrogens (tertiary/aromatic N) is 1. The highest BCUT2D eigenvalue weighted by Crippen LogP contribution is 2.19. The molecular weight excluding hydrogens is 226 g/mol. The third-order valence-corrected chi connectivity index (χ3v) is 3.66. The molecule has 3 N–H and O–H groups in total. The van der Waals surface area contributed by atoms with Crippen LogP contribution < -0.4 is 5.32 Å². The minimum absolute atomic E-state index is 0.279. The van der Waals surface area contributed by atoms with Gasteiger partial charge in [0.15, 0.2) is 0 Å². The van der Waals surface area contributed by atoms with E-state index in [9.17, 15) is 5.11 Å². The molecule has 0 spiro atoms. The van der Waals surface area contributed by atoms with Crippen LogP contribution in [0.2, 0.25) is 0 Å². The lowest BCUT2D eigenvalue weighted by Gasteiger charge is -2.10. The summed E-state index contributed by atoms with van der Waals surface area (Å²) >= 11 is 0. The number of aromatic nitrogens is 2. The van der Waals surface area contributed by atoms with E-state index in [1.54, 1.807) is 12.1 Å². The van der Waals surface area contributed by atoms with Crippen molar-refractivity contribution in [2.75, 3.05) is 6.54 Å². The fourth-order valence-electron chi connectivity index (χ4n) is 2.69. The summed E-state index contributed by atoms with van der Waals surface area (Å²) in [6.07, 6.45) is 6.26. The summed E-state index contributed by atoms with van der Waals surface area (Å²) in [5, 5.41) is 13.0. The highest BCUT2D eigenvalue weighted by Gasteiger charge is 2.13. The molecule has 1 aromatic heterocycles. The Bertz CT molecular complexity index is 529. The zero-order valence-electron chi connectivity index (χ0n) is 10.4. The third-order valence-electron chi connectivity index (χ3n) is 3.66. The number of hydrogen-bond acceptors (Lipinski definition) is 3. The third kappa shape index (κ3) is 2.48. The average molecular weight is 245 g/mol. The zero-order chi connectivity index (χ0) is 12.4. The number of rotatable bonds is 4. The van der Waals surface area contributed by atoms with Gasteiger partial charge in [-0.3, -0.25) is 0 Å². The molecule has 1 saturated carbocycles. The molecule has 4 nitrogen and oxygen atoms in total. The van der Waals surface area contributed by atoms with Gasteiger partial charge in [-0.05, 0) is 25.0 Å². The number of imidazole rings is 1. The van der Waals surface area contributed by atoms with Crippen molar-refractivity contribution in [3.05, 3.63) is 24.0 Å². The van der Waals surface area contributed by atoms with Crippen molar-refractivity contribution in [3.63, 3.8) is 0 Å². The summed E-state index contributed by atoms with van der Waals surface area (Å²) in [4.78, 5) is 7.76. The molecule has 96 valence electrons. The number of phenolic OH excluding ortho intramolecular Hbond substituents is 1. The highest BCUT2D eigenvalue weighted by molar-refractivity contribution is 5.76. The van der Waals surface area contributed by atoms with Crippen molar-refractivity contribution in [2.45, 2.75) is 38.1 Å². The van der Waals surface area contributed by atoms with Crippen molar-refractivity contribution >= 4 is 11.0 Å². The maximum atomic E-state index is 9.40. The number of phenols is 1. The summed E-state index contributed by atoms with van der Waals surface area (Å²) < 4.78 is 0. The quantitative estimate of drug-likeness (QED) is 0.775. The van der Waals surface area contributed by atoms with Crippen LogP contribution >= 0.6 is 0 Å². The van der Waals surface area contributed by atoms with Gasteiger partial charge in [0, 0.05) is 25.1 Å². The van der Waals surface area contributed by atoms with Crippen LogP contribution in [-0.2, 0) is 6.42 Å². The van der Waals surface area contributed by atoms with Crippen molar-refractivity contribution in [2.24, 2.45) is 0 Å². The molecule has 4 heteroatoms. The van der Waals surface area contributed by atoms with Crippen LogP contribution in [0.25, 0.3) is 11.0 Å². The molecule has 0 aliphatic heterocycles. The second kappa shape index (κ2) is 4.98. The van der Waals surface area contributed by atoms with Crippen molar-refractivity contribution < 1.29 is 5.11 Å². The number of nitrogens with one attached hydrogen (secondary N) is 2. The summed E-state index contributed by atoms with van der Waals surface area (Å²) in [6, 6.07) is 5.94. The molecular formula is C14H19N3O. The average Bonchev–Trinajstić information content (AvgIpc) is 2.97. The summed E-state index contributed by atoms with van der Waals surface area (Å²) in [6.45, 7) is 0.969. The van der Waals surface area contributed by atoms with Crippen LogP contribution in [0, 0.1) is 0 Å². The highest BCUT2D eigenvalue weighted by atomic mass is 16.3. The molecule has 1 aliphatic rings. The van der Waals surface area contributed by atoms with E-state index in [1.807, 2.05) is 6.07 Å². The van der Waals surface area contributed by atoms with Crippen LogP contribution in [0.5, 0.6) is 5.75 Å². The van der Waals surface area contributed by atoms with E-state index in [4.69, 9.17) is 0 Å². The maximum absolute atomic E-state index is 9.40. The number of aromatic amines is 1. The fourth-order valence-corrected chi connectivity index (χ4v) is 2.69. The second-order valence-electron chi connectivity index (χ2n) is 5.07. The normalized spacial score (nSPS) is 16.7. The number of aromatic hydroxyl groups is 1. The molecule has 1 aromatic carbocycles. The van der Waals surface area contributed by atoms with Gasteiger partial charge in [-0.15, -0.1) is 0 Å². The molecule has 1 aliphatic carbocycles. The molecule has 1 heterocycles. The molecule has 1 fully saturated rings. The first-order valence-electron chi connectivity index (χ1n) is 6.72. The number of H-pyrrole nitrogens is 1. The zero-order valence-corrected chi connectivity index (χ0v) is 10.4. The molecule has 18 heavy (non-hydrogen) atoms. The van der Waals surface area contributed by atoms with E-state index in [2.05, 4.69) is 15.3 Å². The maximum Gasteiger partial charge on any atom is 0.117 e. The monoisotopic (exact) mass is 245 g/mol. The van der Waals surface area contributed by atoms with E-state index in [0.29, 0.717) is 6.04 Å². The Hall–Kier alpha value is -1.55. The Labute approximate surface area is 106 Å². The van der Waals surface area contributed by atoms with Crippen LogP contribution in [0.3, 0.4) is 0 Å². The summed E-state index contributed by atoms with van der Waals surface area (Å²) in [5.74, 6) is 1.27. The molecule has 2 aromatic rings. The predicted molar refractivity (Wildman–Crippen MR) is 71.7 cm³/mol. The number of hydrogen-bond donors (Lipinski definition) is 3. The standard InChI is InChI=1S/C14H19N3O/c18-11-5-6-12-13(9-11)17-14(16-12)7-8-15-10-3-1-2-4-10/h5-6,9-10,15,18H,1-4,7-8H2,(H,16,17). The molecule has 0 radical (unpaired) electrons. The fraction of sp³-hybridized carbons (Fsp3) is 0.500. The van der Waals surface area contributed by atoms with Gasteiger partial charge < -0.3 is 15.4 Å². The Morgan fingerprint density at radius 1 is 1.33 bits per heavy atom. The lowest BCUT2D eigenvalue weighted by Crippen LogP contribution is -2.28. The molecule has 3 rings (SSSR count). The first-order valence-corrected chi connectivity index (χ1v) is 6.72. The van der Waals surface area contributed by atoms with Crippen molar-refractivity contribution in [1.82, 2.24) is 15.3 Å². The van der Waals surface area contributed by atoms with Crippen LogP contribution in [0.4, 0.5) is 0 Å². The smallest absolute Gasteiger partial charge is 0.117 e.